The van der Waals surface area contributed by atoms with Gasteiger partial charge < -0.3 is 14.4 Å². The van der Waals surface area contributed by atoms with E-state index in [1.54, 1.807) is 0 Å². The Kier molecular flexibility index (Phi) is 3.00. The first-order valence-electron chi connectivity index (χ1n) is 3.69. The maximum atomic E-state index is 11.9. The fraction of sp³-hybridized carbons (Fsp3) is 0.429. The number of aromatic carboxylic acids is 1. The van der Waals surface area contributed by atoms with E-state index < -0.39 is 18.9 Å². The number of carboxylic acid groups (broad SMARTS) is 1. The summed E-state index contributed by atoms with van der Waals surface area (Å²) < 4.78 is 28.5. The van der Waals surface area contributed by atoms with Crippen LogP contribution >= 0.6 is 0 Å². The predicted octanol–water partition coefficient (Wildman–Crippen LogP) is 1.07. The van der Waals surface area contributed by atoms with Gasteiger partial charge >= 0.3 is 5.97 Å². The van der Waals surface area contributed by atoms with Gasteiger partial charge in [-0.3, -0.25) is 0 Å². The summed E-state index contributed by atoms with van der Waals surface area (Å²) in [5.41, 5.74) is -0.305. The smallest absolute Gasteiger partial charge is 0.357 e. The predicted molar refractivity (Wildman–Crippen MR) is 42.7 cm³/mol. The molecule has 0 bridgehead atoms. The van der Waals surface area contributed by atoms with Crippen LogP contribution in [0.15, 0.2) is 10.7 Å². The molecular formula is C7H8F2N2O3. The molecule has 5 nitrogen and oxygen atoms in total. The Balaban J connectivity index is 2.71. The van der Waals surface area contributed by atoms with E-state index in [1.807, 2.05) is 0 Å². The molecule has 0 aromatic carbocycles. The number of carbonyl (C=O) groups is 1. The molecule has 1 rings (SSSR count). The zero-order chi connectivity index (χ0) is 10.7. The molecule has 14 heavy (non-hydrogen) atoms. The van der Waals surface area contributed by atoms with Crippen LogP contribution in [0.25, 0.3) is 0 Å². The van der Waals surface area contributed by atoms with E-state index in [-0.39, 0.29) is 11.7 Å². The summed E-state index contributed by atoms with van der Waals surface area (Å²) in [5, 5.41) is 8.47. The van der Waals surface area contributed by atoms with Crippen molar-refractivity contribution in [3.05, 3.63) is 12.0 Å². The van der Waals surface area contributed by atoms with Crippen molar-refractivity contribution in [3.8, 4) is 0 Å². The minimum atomic E-state index is -2.53. The van der Waals surface area contributed by atoms with E-state index in [9.17, 15) is 13.6 Å². The molecule has 0 radical (unpaired) electrons. The van der Waals surface area contributed by atoms with E-state index in [0.29, 0.717) is 0 Å². The molecule has 0 aliphatic rings. The number of hydrogen-bond acceptors (Lipinski definition) is 4. The zero-order valence-corrected chi connectivity index (χ0v) is 7.28. The van der Waals surface area contributed by atoms with Gasteiger partial charge in [-0.1, -0.05) is 0 Å². The largest absolute Gasteiger partial charge is 0.476 e. The summed E-state index contributed by atoms with van der Waals surface area (Å²) in [7, 11) is 1.34. The third kappa shape index (κ3) is 2.41. The van der Waals surface area contributed by atoms with Gasteiger partial charge in [0.2, 0.25) is 0 Å². The SMILES string of the molecule is CN(CC(F)F)c1nc(C(=O)O)co1. The topological polar surface area (TPSA) is 66.6 Å². The second-order valence-electron chi connectivity index (χ2n) is 2.59. The number of rotatable bonds is 4. The molecule has 0 amide bonds. The van der Waals surface area contributed by atoms with Gasteiger partial charge in [0, 0.05) is 7.05 Å². The van der Waals surface area contributed by atoms with Crippen molar-refractivity contribution in [1.82, 2.24) is 4.98 Å². The van der Waals surface area contributed by atoms with Crippen LogP contribution in [0.3, 0.4) is 0 Å². The van der Waals surface area contributed by atoms with Crippen LogP contribution in [0.1, 0.15) is 10.5 Å². The number of halogens is 2. The van der Waals surface area contributed by atoms with Crippen LogP contribution in [0.5, 0.6) is 0 Å². The molecule has 1 aromatic heterocycles. The number of aromatic nitrogens is 1. The summed E-state index contributed by atoms with van der Waals surface area (Å²) in [4.78, 5) is 14.9. The molecule has 0 unspecified atom stereocenters. The molecule has 0 saturated carbocycles. The lowest BCUT2D eigenvalue weighted by molar-refractivity contribution is 0.0690. The molecule has 7 heteroatoms. The van der Waals surface area contributed by atoms with Crippen molar-refractivity contribution >= 4 is 12.0 Å². The van der Waals surface area contributed by atoms with Gasteiger partial charge in [0.25, 0.3) is 12.4 Å². The standard InChI is InChI=1S/C7H8F2N2O3/c1-11(2-5(8)9)7-10-4(3-14-7)6(12)13/h3,5H,2H2,1H3,(H,12,13). The highest BCUT2D eigenvalue weighted by molar-refractivity contribution is 5.85. The number of carboxylic acids is 1. The van der Waals surface area contributed by atoms with Crippen LogP contribution in [-0.2, 0) is 0 Å². The van der Waals surface area contributed by atoms with Crippen molar-refractivity contribution in [2.75, 3.05) is 18.5 Å². The molecule has 0 aliphatic carbocycles. The van der Waals surface area contributed by atoms with Gasteiger partial charge in [-0.25, -0.2) is 13.6 Å². The second kappa shape index (κ2) is 4.03. The molecular weight excluding hydrogens is 198 g/mol. The molecule has 0 saturated heterocycles. The molecule has 1 aromatic rings. The molecule has 0 fully saturated rings. The first-order chi connectivity index (χ1) is 6.50. The lowest BCUT2D eigenvalue weighted by Gasteiger charge is -2.12. The number of alkyl halides is 2. The summed E-state index contributed by atoms with van der Waals surface area (Å²) >= 11 is 0. The maximum Gasteiger partial charge on any atom is 0.357 e. The van der Waals surface area contributed by atoms with Crippen LogP contribution < -0.4 is 4.90 Å². The number of hydrogen-bond donors (Lipinski definition) is 1. The third-order valence-corrected chi connectivity index (χ3v) is 1.45. The van der Waals surface area contributed by atoms with Crippen molar-refractivity contribution in [3.63, 3.8) is 0 Å². The van der Waals surface area contributed by atoms with E-state index in [1.165, 1.54) is 7.05 Å². The van der Waals surface area contributed by atoms with Crippen molar-refractivity contribution < 1.29 is 23.1 Å². The number of nitrogens with zero attached hydrogens (tertiary/aromatic N) is 2. The lowest BCUT2D eigenvalue weighted by Crippen LogP contribution is -2.24. The Morgan fingerprint density at radius 1 is 1.79 bits per heavy atom. The second-order valence-corrected chi connectivity index (χ2v) is 2.59. The zero-order valence-electron chi connectivity index (χ0n) is 7.28. The van der Waals surface area contributed by atoms with E-state index in [4.69, 9.17) is 5.11 Å². The van der Waals surface area contributed by atoms with Crippen LogP contribution in [0.2, 0.25) is 0 Å². The fourth-order valence-corrected chi connectivity index (χ4v) is 0.823. The van der Waals surface area contributed by atoms with Crippen molar-refractivity contribution in [1.29, 1.82) is 0 Å². The Bertz CT molecular complexity index is 326. The quantitative estimate of drug-likeness (QED) is 0.798. The van der Waals surface area contributed by atoms with Crippen molar-refractivity contribution in [2.45, 2.75) is 6.43 Å². The number of anilines is 1. The molecule has 1 N–H and O–H groups in total. The Morgan fingerprint density at radius 3 is 2.86 bits per heavy atom. The molecule has 1 heterocycles. The van der Waals surface area contributed by atoms with Gasteiger partial charge in [0.15, 0.2) is 5.69 Å². The monoisotopic (exact) mass is 206 g/mol. The first-order valence-corrected chi connectivity index (χ1v) is 3.69. The average molecular weight is 206 g/mol. The van der Waals surface area contributed by atoms with Crippen molar-refractivity contribution in [2.24, 2.45) is 0 Å². The average Bonchev–Trinajstić information content (AvgIpc) is 2.50. The van der Waals surface area contributed by atoms with Gasteiger partial charge in [0.1, 0.15) is 6.26 Å². The maximum absolute atomic E-state index is 11.9. The minimum Gasteiger partial charge on any atom is -0.476 e. The third-order valence-electron chi connectivity index (χ3n) is 1.45. The first kappa shape index (κ1) is 10.4. The minimum absolute atomic E-state index is 0.136. The van der Waals surface area contributed by atoms with E-state index in [0.717, 1.165) is 11.2 Å². The summed E-state index contributed by atoms with van der Waals surface area (Å²) in [6.07, 6.45) is -1.63. The molecule has 0 atom stereocenters. The normalized spacial score (nSPS) is 10.6. The highest BCUT2D eigenvalue weighted by Gasteiger charge is 2.16. The Hall–Kier alpha value is -1.66. The Morgan fingerprint density at radius 2 is 2.43 bits per heavy atom. The highest BCUT2D eigenvalue weighted by atomic mass is 19.3. The molecule has 78 valence electrons. The Labute approximate surface area is 78.0 Å². The van der Waals surface area contributed by atoms with Crippen LogP contribution in [-0.4, -0.2) is 36.1 Å². The van der Waals surface area contributed by atoms with Gasteiger partial charge in [-0.15, -0.1) is 0 Å². The van der Waals surface area contributed by atoms with Crippen LogP contribution in [0.4, 0.5) is 14.8 Å². The van der Waals surface area contributed by atoms with Crippen LogP contribution in [0, 0.1) is 0 Å². The molecule has 0 aliphatic heterocycles. The summed E-state index contributed by atoms with van der Waals surface area (Å²) in [5.74, 6) is -1.26. The van der Waals surface area contributed by atoms with Gasteiger partial charge in [-0.2, -0.15) is 4.98 Å². The lowest BCUT2D eigenvalue weighted by atomic mass is 10.5. The van der Waals surface area contributed by atoms with Gasteiger partial charge in [-0.05, 0) is 0 Å². The number of oxazole rings is 1. The van der Waals surface area contributed by atoms with E-state index in [2.05, 4.69) is 9.40 Å². The summed E-state index contributed by atoms with van der Waals surface area (Å²) in [6, 6.07) is -0.136. The van der Waals surface area contributed by atoms with Gasteiger partial charge in [0.05, 0.1) is 6.54 Å². The fourth-order valence-electron chi connectivity index (χ4n) is 0.823. The summed E-state index contributed by atoms with van der Waals surface area (Å²) in [6.45, 7) is -0.556. The van der Waals surface area contributed by atoms with E-state index >= 15 is 0 Å². The molecule has 0 spiro atoms. The highest BCUT2D eigenvalue weighted by Crippen LogP contribution is 2.12.